The van der Waals surface area contributed by atoms with Crippen LogP contribution in [0.3, 0.4) is 0 Å². The number of aromatic nitrogens is 1. The molecule has 3 nitrogen and oxygen atoms in total. The van der Waals surface area contributed by atoms with Crippen molar-refractivity contribution in [1.29, 1.82) is 0 Å². The average Bonchev–Trinajstić information content (AvgIpc) is 3.51. The number of para-hydroxylation sites is 2. The standard InChI is InChI=1S/C46H33N3/c1-4-12-33(13-5-1)34-20-25-40(26-21-34)49-44-31-29-41(32-43(44)46-42-19-11-10-14-35(42)22-30-45(46)49)48(38-17-8-3-9-18-38)39-27-23-37(24-28-39)47-36-15-6-2-7-16-36/h1-32,47H. The van der Waals surface area contributed by atoms with E-state index in [1.54, 1.807) is 0 Å². The number of nitrogens with one attached hydrogen (secondary N) is 1. The van der Waals surface area contributed by atoms with E-state index < -0.39 is 0 Å². The molecule has 9 aromatic rings. The van der Waals surface area contributed by atoms with Gasteiger partial charge in [-0.05, 0) is 107 Å². The molecule has 0 bridgehead atoms. The molecule has 0 aliphatic heterocycles. The number of benzene rings is 8. The Balaban J connectivity index is 1.21. The first-order chi connectivity index (χ1) is 24.3. The Morgan fingerprint density at radius 1 is 0.388 bits per heavy atom. The third-order valence-electron chi connectivity index (χ3n) is 9.33. The second-order valence-corrected chi connectivity index (χ2v) is 12.3. The maximum Gasteiger partial charge on any atom is 0.0547 e. The minimum absolute atomic E-state index is 1.05. The second kappa shape index (κ2) is 12.2. The molecule has 1 N–H and O–H groups in total. The van der Waals surface area contributed by atoms with E-state index in [9.17, 15) is 0 Å². The summed E-state index contributed by atoms with van der Waals surface area (Å²) in [6.45, 7) is 0. The van der Waals surface area contributed by atoms with Crippen LogP contribution in [0.15, 0.2) is 194 Å². The van der Waals surface area contributed by atoms with Crippen LogP contribution in [-0.4, -0.2) is 4.57 Å². The van der Waals surface area contributed by atoms with Gasteiger partial charge in [0.1, 0.15) is 0 Å². The molecule has 0 spiro atoms. The van der Waals surface area contributed by atoms with Gasteiger partial charge in [0.25, 0.3) is 0 Å². The predicted molar refractivity (Wildman–Crippen MR) is 208 cm³/mol. The second-order valence-electron chi connectivity index (χ2n) is 12.3. The van der Waals surface area contributed by atoms with Crippen molar-refractivity contribution < 1.29 is 0 Å². The van der Waals surface area contributed by atoms with Crippen LogP contribution in [0.25, 0.3) is 49.4 Å². The Labute approximate surface area is 285 Å². The number of nitrogens with zero attached hydrogens (tertiary/aromatic N) is 2. The topological polar surface area (TPSA) is 20.2 Å². The maximum atomic E-state index is 3.52. The molecule has 1 heterocycles. The highest BCUT2D eigenvalue weighted by Gasteiger charge is 2.19. The van der Waals surface area contributed by atoms with Crippen molar-refractivity contribution in [3.05, 3.63) is 194 Å². The fourth-order valence-corrected chi connectivity index (χ4v) is 7.04. The Morgan fingerprint density at radius 2 is 0.959 bits per heavy atom. The number of fused-ring (bicyclic) bond motifs is 5. The zero-order valence-electron chi connectivity index (χ0n) is 26.9. The maximum absolute atomic E-state index is 3.52. The third kappa shape index (κ3) is 5.28. The van der Waals surface area contributed by atoms with Crippen LogP contribution in [-0.2, 0) is 0 Å². The Bertz CT molecular complexity index is 2540. The van der Waals surface area contributed by atoms with E-state index in [2.05, 4.69) is 191 Å². The van der Waals surface area contributed by atoms with Crippen LogP contribution in [0.1, 0.15) is 0 Å². The van der Waals surface area contributed by atoms with Gasteiger partial charge in [0, 0.05) is 44.9 Å². The third-order valence-corrected chi connectivity index (χ3v) is 9.33. The molecule has 0 saturated carbocycles. The Morgan fingerprint density at radius 3 is 1.71 bits per heavy atom. The molecule has 1 aromatic heterocycles. The number of rotatable bonds is 7. The fourth-order valence-electron chi connectivity index (χ4n) is 7.04. The van der Waals surface area contributed by atoms with E-state index in [0.29, 0.717) is 0 Å². The molecule has 9 rings (SSSR count). The molecule has 0 radical (unpaired) electrons. The van der Waals surface area contributed by atoms with Crippen molar-refractivity contribution in [2.75, 3.05) is 10.2 Å². The summed E-state index contributed by atoms with van der Waals surface area (Å²) in [4.78, 5) is 2.34. The van der Waals surface area contributed by atoms with E-state index in [4.69, 9.17) is 0 Å². The first kappa shape index (κ1) is 28.6. The molecule has 3 heteroatoms. The number of hydrogen-bond acceptors (Lipinski definition) is 2. The van der Waals surface area contributed by atoms with Gasteiger partial charge in [-0.3, -0.25) is 0 Å². The fraction of sp³-hybridized carbons (Fsp3) is 0. The summed E-state index contributed by atoms with van der Waals surface area (Å²) in [5.41, 5.74) is 11.4. The summed E-state index contributed by atoms with van der Waals surface area (Å²) in [7, 11) is 0. The number of hydrogen-bond donors (Lipinski definition) is 1. The molecule has 0 saturated heterocycles. The molecular weight excluding hydrogens is 595 g/mol. The van der Waals surface area contributed by atoms with Gasteiger partial charge in [0.2, 0.25) is 0 Å². The molecule has 8 aromatic carbocycles. The minimum atomic E-state index is 1.05. The largest absolute Gasteiger partial charge is 0.356 e. The lowest BCUT2D eigenvalue weighted by Gasteiger charge is -2.26. The van der Waals surface area contributed by atoms with E-state index in [1.807, 2.05) is 18.2 Å². The Hall–Kier alpha value is -6.58. The lowest BCUT2D eigenvalue weighted by atomic mass is 10.0. The molecule has 0 aliphatic carbocycles. The zero-order valence-corrected chi connectivity index (χ0v) is 26.9. The van der Waals surface area contributed by atoms with Crippen LogP contribution in [0.2, 0.25) is 0 Å². The van der Waals surface area contributed by atoms with Crippen molar-refractivity contribution in [3.8, 4) is 16.8 Å². The predicted octanol–water partition coefficient (Wildman–Crippen LogP) is 12.8. The normalized spacial score (nSPS) is 11.3. The van der Waals surface area contributed by atoms with E-state index in [0.717, 1.165) is 34.1 Å². The van der Waals surface area contributed by atoms with Gasteiger partial charge in [-0.15, -0.1) is 0 Å². The lowest BCUT2D eigenvalue weighted by Crippen LogP contribution is -2.09. The van der Waals surface area contributed by atoms with Gasteiger partial charge in [-0.1, -0.05) is 109 Å². The van der Waals surface area contributed by atoms with E-state index >= 15 is 0 Å². The smallest absolute Gasteiger partial charge is 0.0547 e. The van der Waals surface area contributed by atoms with Crippen molar-refractivity contribution in [1.82, 2.24) is 4.57 Å². The van der Waals surface area contributed by atoms with Crippen LogP contribution >= 0.6 is 0 Å². The zero-order chi connectivity index (χ0) is 32.6. The van der Waals surface area contributed by atoms with Crippen molar-refractivity contribution in [2.24, 2.45) is 0 Å². The summed E-state index contributed by atoms with van der Waals surface area (Å²) < 4.78 is 2.41. The van der Waals surface area contributed by atoms with Crippen LogP contribution in [0, 0.1) is 0 Å². The molecule has 0 amide bonds. The van der Waals surface area contributed by atoms with Crippen LogP contribution in [0.4, 0.5) is 28.4 Å². The highest BCUT2D eigenvalue weighted by Crippen LogP contribution is 2.42. The van der Waals surface area contributed by atoms with E-state index in [1.165, 1.54) is 43.7 Å². The number of anilines is 5. The van der Waals surface area contributed by atoms with Gasteiger partial charge in [0.15, 0.2) is 0 Å². The summed E-state index contributed by atoms with van der Waals surface area (Å²) in [6, 6.07) is 69.2. The Kier molecular flexibility index (Phi) is 7.14. The monoisotopic (exact) mass is 627 g/mol. The molecule has 0 atom stereocenters. The molecule has 0 fully saturated rings. The van der Waals surface area contributed by atoms with Crippen molar-refractivity contribution in [2.45, 2.75) is 0 Å². The van der Waals surface area contributed by atoms with Gasteiger partial charge in [0.05, 0.1) is 11.0 Å². The highest BCUT2D eigenvalue weighted by atomic mass is 15.1. The molecule has 0 aliphatic rings. The van der Waals surface area contributed by atoms with Crippen LogP contribution < -0.4 is 10.2 Å². The molecule has 49 heavy (non-hydrogen) atoms. The van der Waals surface area contributed by atoms with Gasteiger partial charge in [-0.2, -0.15) is 0 Å². The summed E-state index contributed by atoms with van der Waals surface area (Å²) >= 11 is 0. The van der Waals surface area contributed by atoms with E-state index in [-0.39, 0.29) is 0 Å². The summed E-state index contributed by atoms with van der Waals surface area (Å²) in [6.07, 6.45) is 0. The first-order valence-corrected chi connectivity index (χ1v) is 16.7. The summed E-state index contributed by atoms with van der Waals surface area (Å²) in [5.74, 6) is 0. The molecule has 0 unspecified atom stereocenters. The van der Waals surface area contributed by atoms with Crippen molar-refractivity contribution in [3.63, 3.8) is 0 Å². The SMILES string of the molecule is c1ccc(Nc2ccc(N(c3ccccc3)c3ccc4c(c3)c3c5ccccc5ccc3n4-c3ccc(-c4ccccc4)cc3)cc2)cc1. The average molecular weight is 628 g/mol. The van der Waals surface area contributed by atoms with Crippen molar-refractivity contribution >= 4 is 61.0 Å². The molecular formula is C46H33N3. The summed E-state index contributed by atoms with van der Waals surface area (Å²) in [5, 5.41) is 8.49. The molecule has 232 valence electrons. The van der Waals surface area contributed by atoms with Crippen LogP contribution in [0.5, 0.6) is 0 Å². The quantitative estimate of drug-likeness (QED) is 0.190. The van der Waals surface area contributed by atoms with Gasteiger partial charge >= 0.3 is 0 Å². The minimum Gasteiger partial charge on any atom is -0.356 e. The lowest BCUT2D eigenvalue weighted by molar-refractivity contribution is 1.18. The first-order valence-electron chi connectivity index (χ1n) is 16.7. The highest BCUT2D eigenvalue weighted by molar-refractivity contribution is 6.22. The van der Waals surface area contributed by atoms with Gasteiger partial charge in [-0.25, -0.2) is 0 Å². The van der Waals surface area contributed by atoms with Gasteiger partial charge < -0.3 is 14.8 Å².